The van der Waals surface area contributed by atoms with Gasteiger partial charge in [0.25, 0.3) is 0 Å². The molecule has 34 heavy (non-hydrogen) atoms. The topological polar surface area (TPSA) is 107 Å². The molecular formula is C24H35FN2O5S2. The van der Waals surface area contributed by atoms with Crippen molar-refractivity contribution in [2.45, 2.75) is 68.9 Å². The highest BCUT2D eigenvalue weighted by Crippen LogP contribution is 2.20. The largest absolute Gasteiger partial charge is 0.481 e. The summed E-state index contributed by atoms with van der Waals surface area (Å²) in [5.41, 5.74) is 1.51. The van der Waals surface area contributed by atoms with Crippen LogP contribution in [0.5, 0.6) is 0 Å². The van der Waals surface area contributed by atoms with Crippen LogP contribution < -0.4 is 5.32 Å². The van der Waals surface area contributed by atoms with E-state index in [2.05, 4.69) is 22.1 Å². The summed E-state index contributed by atoms with van der Waals surface area (Å²) in [6, 6.07) is 5.62. The van der Waals surface area contributed by atoms with Crippen molar-refractivity contribution in [3.63, 3.8) is 0 Å². The van der Waals surface area contributed by atoms with Gasteiger partial charge in [0.15, 0.2) is 0 Å². The van der Waals surface area contributed by atoms with Crippen LogP contribution >= 0.6 is 11.3 Å². The number of carboxylic acids is 1. The van der Waals surface area contributed by atoms with E-state index in [9.17, 15) is 22.7 Å². The quantitative estimate of drug-likeness (QED) is 0.335. The second-order valence-electron chi connectivity index (χ2n) is 9.23. The molecule has 7 nitrogen and oxygen atoms in total. The summed E-state index contributed by atoms with van der Waals surface area (Å²) in [5.74, 6) is -1.66. The standard InChI is InChI=1S/C24H35FN2O5S2/c1-24(2,10-5-7-18-9-11-33-17-18)26-15-21(28)16-27(3)34(31,32)22-13-19(12-20(25)14-22)6-4-8-23(29)30/h9,11-14,17,21,26,28H,4-8,10,15-16H2,1-3H3,(H,29,30). The van der Waals surface area contributed by atoms with Crippen LogP contribution in [0.15, 0.2) is 39.9 Å². The van der Waals surface area contributed by atoms with Crippen LogP contribution in [0.25, 0.3) is 0 Å². The number of nitrogens with zero attached hydrogens (tertiary/aromatic N) is 1. The lowest BCUT2D eigenvalue weighted by Crippen LogP contribution is -2.46. The van der Waals surface area contributed by atoms with Crippen LogP contribution in [0.4, 0.5) is 4.39 Å². The van der Waals surface area contributed by atoms with Gasteiger partial charge in [0.05, 0.1) is 11.0 Å². The molecular weight excluding hydrogens is 479 g/mol. The Morgan fingerprint density at radius 2 is 1.91 bits per heavy atom. The molecule has 0 amide bonds. The Morgan fingerprint density at radius 3 is 2.56 bits per heavy atom. The predicted octanol–water partition coefficient (Wildman–Crippen LogP) is 3.67. The summed E-state index contributed by atoms with van der Waals surface area (Å²) < 4.78 is 41.0. The van der Waals surface area contributed by atoms with Gasteiger partial charge in [0, 0.05) is 32.1 Å². The third-order valence-electron chi connectivity index (χ3n) is 5.63. The number of hydrogen-bond donors (Lipinski definition) is 3. The molecule has 2 aromatic rings. The minimum absolute atomic E-state index is 0.0813. The molecule has 0 aliphatic carbocycles. The molecule has 3 N–H and O–H groups in total. The SMILES string of the molecule is CN(CC(O)CNC(C)(C)CCCc1ccsc1)S(=O)(=O)c1cc(F)cc(CCCC(=O)O)c1. The minimum atomic E-state index is -4.02. The van der Waals surface area contributed by atoms with Gasteiger partial charge in [-0.2, -0.15) is 15.6 Å². The maximum Gasteiger partial charge on any atom is 0.303 e. The van der Waals surface area contributed by atoms with Gasteiger partial charge in [-0.3, -0.25) is 4.79 Å². The molecule has 0 radical (unpaired) electrons. The molecule has 190 valence electrons. The summed E-state index contributed by atoms with van der Waals surface area (Å²) in [6.07, 6.45) is 2.39. The van der Waals surface area contributed by atoms with E-state index in [0.29, 0.717) is 5.56 Å². The van der Waals surface area contributed by atoms with Gasteiger partial charge in [-0.05, 0) is 92.1 Å². The Morgan fingerprint density at radius 1 is 1.21 bits per heavy atom. The highest BCUT2D eigenvalue weighted by Gasteiger charge is 2.25. The number of thiophene rings is 1. The lowest BCUT2D eigenvalue weighted by atomic mass is 9.96. The zero-order chi connectivity index (χ0) is 25.4. The van der Waals surface area contributed by atoms with Gasteiger partial charge < -0.3 is 15.5 Å². The maximum absolute atomic E-state index is 14.1. The lowest BCUT2D eigenvalue weighted by Gasteiger charge is -2.29. The highest BCUT2D eigenvalue weighted by atomic mass is 32.2. The van der Waals surface area contributed by atoms with E-state index in [0.717, 1.165) is 29.6 Å². The Labute approximate surface area is 205 Å². The molecule has 2 rings (SSSR count). The molecule has 0 saturated carbocycles. The number of benzene rings is 1. The molecule has 0 aliphatic rings. The van der Waals surface area contributed by atoms with Gasteiger partial charge in [-0.25, -0.2) is 12.8 Å². The molecule has 0 spiro atoms. The fraction of sp³-hybridized carbons (Fsp3) is 0.542. The summed E-state index contributed by atoms with van der Waals surface area (Å²) in [7, 11) is -2.68. The fourth-order valence-electron chi connectivity index (χ4n) is 3.65. The average Bonchev–Trinajstić information content (AvgIpc) is 3.25. The Hall–Kier alpha value is -1.85. The van der Waals surface area contributed by atoms with Crippen LogP contribution in [0.1, 0.15) is 50.7 Å². The normalized spacial score (nSPS) is 13.4. The van der Waals surface area contributed by atoms with Gasteiger partial charge in [0.2, 0.25) is 10.0 Å². The molecule has 1 aromatic heterocycles. The summed E-state index contributed by atoms with van der Waals surface area (Å²) in [4.78, 5) is 10.5. The first-order chi connectivity index (χ1) is 15.9. The number of aliphatic carboxylic acids is 1. The number of aliphatic hydroxyl groups is 1. The van der Waals surface area contributed by atoms with E-state index in [-0.39, 0.29) is 42.8 Å². The molecule has 0 saturated heterocycles. The van der Waals surface area contributed by atoms with Crippen molar-refractivity contribution in [3.05, 3.63) is 52.0 Å². The number of β-amino-alcohol motifs (C(OH)–C–C–N with tert-alkyl or cyclic N) is 1. The lowest BCUT2D eigenvalue weighted by molar-refractivity contribution is -0.137. The van der Waals surface area contributed by atoms with Crippen molar-refractivity contribution < 1.29 is 27.8 Å². The van der Waals surface area contributed by atoms with E-state index in [1.165, 1.54) is 24.7 Å². The predicted molar refractivity (Wildman–Crippen MR) is 132 cm³/mol. The van der Waals surface area contributed by atoms with Crippen molar-refractivity contribution in [2.75, 3.05) is 20.1 Å². The van der Waals surface area contributed by atoms with Crippen molar-refractivity contribution >= 4 is 27.3 Å². The number of likely N-dealkylation sites (N-methyl/N-ethyl adjacent to an activating group) is 1. The van der Waals surface area contributed by atoms with Crippen molar-refractivity contribution in [1.82, 2.24) is 9.62 Å². The van der Waals surface area contributed by atoms with Crippen molar-refractivity contribution in [1.29, 1.82) is 0 Å². The fourth-order valence-corrected chi connectivity index (χ4v) is 5.64. The first-order valence-corrected chi connectivity index (χ1v) is 13.7. The Bertz CT molecular complexity index is 1030. The molecule has 1 heterocycles. The third-order valence-corrected chi connectivity index (χ3v) is 8.16. The number of sulfonamides is 1. The summed E-state index contributed by atoms with van der Waals surface area (Å²) >= 11 is 1.68. The second-order valence-corrected chi connectivity index (χ2v) is 12.1. The zero-order valence-corrected chi connectivity index (χ0v) is 21.6. The van der Waals surface area contributed by atoms with Crippen LogP contribution in [-0.4, -0.2) is 60.7 Å². The van der Waals surface area contributed by atoms with Crippen molar-refractivity contribution in [2.24, 2.45) is 0 Å². The summed E-state index contributed by atoms with van der Waals surface area (Å²) in [5, 5.41) is 26.7. The molecule has 10 heteroatoms. The van der Waals surface area contributed by atoms with Gasteiger partial charge in [-0.15, -0.1) is 0 Å². The molecule has 0 aliphatic heterocycles. The number of rotatable bonds is 15. The monoisotopic (exact) mass is 514 g/mol. The second kappa shape index (κ2) is 12.7. The van der Waals surface area contributed by atoms with E-state index in [1.807, 2.05) is 13.8 Å². The van der Waals surface area contributed by atoms with Crippen LogP contribution in [0.3, 0.4) is 0 Å². The molecule has 0 fully saturated rings. The first-order valence-electron chi connectivity index (χ1n) is 11.3. The van der Waals surface area contributed by atoms with E-state index in [4.69, 9.17) is 5.11 Å². The maximum atomic E-state index is 14.1. The number of nitrogens with one attached hydrogen (secondary N) is 1. The smallest absolute Gasteiger partial charge is 0.303 e. The van der Waals surface area contributed by atoms with Crippen LogP contribution in [-0.2, 0) is 27.7 Å². The van der Waals surface area contributed by atoms with E-state index >= 15 is 0 Å². The number of halogens is 1. The van der Waals surface area contributed by atoms with Gasteiger partial charge >= 0.3 is 5.97 Å². The van der Waals surface area contributed by atoms with Gasteiger partial charge in [-0.1, -0.05) is 0 Å². The number of aryl methyl sites for hydroxylation is 2. The highest BCUT2D eigenvalue weighted by molar-refractivity contribution is 7.89. The average molecular weight is 515 g/mol. The molecule has 0 bridgehead atoms. The number of aliphatic hydroxyl groups excluding tert-OH is 1. The van der Waals surface area contributed by atoms with Crippen molar-refractivity contribution in [3.8, 4) is 0 Å². The minimum Gasteiger partial charge on any atom is -0.481 e. The third kappa shape index (κ3) is 9.42. The molecule has 1 aromatic carbocycles. The number of carbonyl (C=O) groups is 1. The summed E-state index contributed by atoms with van der Waals surface area (Å²) in [6.45, 7) is 4.17. The molecule has 1 unspecified atom stereocenters. The van der Waals surface area contributed by atoms with Crippen LogP contribution in [0.2, 0.25) is 0 Å². The Kier molecular flexibility index (Phi) is 10.6. The first kappa shape index (κ1) is 28.4. The molecule has 1 atom stereocenters. The van der Waals surface area contributed by atoms with Gasteiger partial charge in [0.1, 0.15) is 5.82 Å². The van der Waals surface area contributed by atoms with E-state index in [1.54, 1.807) is 11.3 Å². The number of carboxylic acid groups (broad SMARTS) is 1. The Balaban J connectivity index is 1.89. The van der Waals surface area contributed by atoms with E-state index < -0.39 is 27.9 Å². The number of hydrogen-bond acceptors (Lipinski definition) is 6. The zero-order valence-electron chi connectivity index (χ0n) is 20.0. The van der Waals surface area contributed by atoms with Crippen LogP contribution in [0, 0.1) is 5.82 Å².